The summed E-state index contributed by atoms with van der Waals surface area (Å²) in [6.07, 6.45) is 1.46. The van der Waals surface area contributed by atoms with Crippen molar-refractivity contribution in [1.29, 1.82) is 0 Å². The number of rotatable bonds is 5. The lowest BCUT2D eigenvalue weighted by Crippen LogP contribution is -2.24. The summed E-state index contributed by atoms with van der Waals surface area (Å²) in [5.41, 5.74) is 0.723. The molecule has 1 aromatic heterocycles. The van der Waals surface area contributed by atoms with Crippen molar-refractivity contribution < 1.29 is 9.53 Å². The molecule has 0 unspecified atom stereocenters. The van der Waals surface area contributed by atoms with E-state index in [4.69, 9.17) is 27.9 Å². The molecular weight excluding hydrogens is 455 g/mol. The Balaban J connectivity index is 2.16. The quantitative estimate of drug-likeness (QED) is 0.497. The van der Waals surface area contributed by atoms with Crippen molar-refractivity contribution in [3.63, 3.8) is 0 Å². The average molecular weight is 470 g/mol. The van der Waals surface area contributed by atoms with Crippen molar-refractivity contribution in [2.45, 2.75) is 13.5 Å². The first-order chi connectivity index (χ1) is 12.9. The third-order valence-electron chi connectivity index (χ3n) is 3.91. The molecule has 5 nitrogen and oxygen atoms in total. The van der Waals surface area contributed by atoms with Crippen LogP contribution in [-0.2, 0) is 11.3 Å². The van der Waals surface area contributed by atoms with E-state index in [0.29, 0.717) is 21.3 Å². The van der Waals surface area contributed by atoms with E-state index in [1.54, 1.807) is 41.9 Å². The zero-order chi connectivity index (χ0) is 19.6. The van der Waals surface area contributed by atoms with E-state index in [9.17, 15) is 9.59 Å². The van der Waals surface area contributed by atoms with Crippen molar-refractivity contribution in [2.24, 2.45) is 0 Å². The van der Waals surface area contributed by atoms with Gasteiger partial charge in [0.05, 0.1) is 18.8 Å². The molecule has 0 bridgehead atoms. The van der Waals surface area contributed by atoms with Crippen LogP contribution in [0.4, 0.5) is 0 Å². The van der Waals surface area contributed by atoms with E-state index >= 15 is 0 Å². The Kier molecular flexibility index (Phi) is 6.09. The van der Waals surface area contributed by atoms with Gasteiger partial charge >= 0.3 is 5.97 Å². The number of aromatic nitrogens is 2. The number of esters is 1. The Morgan fingerprint density at radius 1 is 1.11 bits per heavy atom. The minimum atomic E-state index is -0.669. The van der Waals surface area contributed by atoms with Gasteiger partial charge in [-0.2, -0.15) is 0 Å². The minimum Gasteiger partial charge on any atom is -0.462 e. The second kappa shape index (κ2) is 8.33. The van der Waals surface area contributed by atoms with E-state index in [1.807, 2.05) is 12.1 Å². The summed E-state index contributed by atoms with van der Waals surface area (Å²) in [6, 6.07) is 12.4. The number of benzene rings is 2. The van der Waals surface area contributed by atoms with E-state index < -0.39 is 11.5 Å². The third kappa shape index (κ3) is 4.13. The zero-order valence-electron chi connectivity index (χ0n) is 14.3. The van der Waals surface area contributed by atoms with Crippen LogP contribution in [0, 0.1) is 0 Å². The van der Waals surface area contributed by atoms with E-state index in [1.165, 1.54) is 10.9 Å². The van der Waals surface area contributed by atoms with Crippen LogP contribution < -0.4 is 5.56 Å². The molecule has 140 valence electrons. The maximum Gasteiger partial charge on any atom is 0.345 e. The monoisotopic (exact) mass is 468 g/mol. The summed E-state index contributed by atoms with van der Waals surface area (Å²) in [5.74, 6) is -0.669. The number of hydrogen-bond acceptors (Lipinski definition) is 3. The first kappa shape index (κ1) is 19.7. The molecular formula is C19H15BrCl2N2O3. The van der Waals surface area contributed by atoms with Crippen LogP contribution in [0.15, 0.2) is 57.9 Å². The molecule has 0 saturated carbocycles. The molecule has 0 fully saturated rings. The number of halogens is 3. The van der Waals surface area contributed by atoms with Gasteiger partial charge in [-0.05, 0) is 43.3 Å². The molecule has 0 aliphatic heterocycles. The molecule has 1 heterocycles. The largest absolute Gasteiger partial charge is 0.462 e. The highest BCUT2D eigenvalue weighted by molar-refractivity contribution is 9.10. The Morgan fingerprint density at radius 2 is 1.74 bits per heavy atom. The molecule has 0 spiro atoms. The summed E-state index contributed by atoms with van der Waals surface area (Å²) in [6.45, 7) is 2.08. The SMILES string of the molecule is CCOC(=O)c1cn(Cc2c(Cl)cccc2Cl)n(-c2ccc(Br)cc2)c1=O. The second-order valence-corrected chi connectivity index (χ2v) is 7.38. The van der Waals surface area contributed by atoms with Crippen LogP contribution in [-0.4, -0.2) is 21.9 Å². The van der Waals surface area contributed by atoms with Gasteiger partial charge in [0.25, 0.3) is 5.56 Å². The molecule has 0 amide bonds. The van der Waals surface area contributed by atoms with Gasteiger partial charge in [-0.25, -0.2) is 9.48 Å². The summed E-state index contributed by atoms with van der Waals surface area (Å²) in [7, 11) is 0. The standard InChI is InChI=1S/C19H15BrCl2N2O3/c1-2-27-19(26)15-11-23(10-14-16(21)4-3-5-17(14)22)24(18(15)25)13-8-6-12(20)7-9-13/h3-9,11H,2,10H2,1H3. The highest BCUT2D eigenvalue weighted by Gasteiger charge is 2.21. The van der Waals surface area contributed by atoms with Gasteiger partial charge in [-0.15, -0.1) is 0 Å². The van der Waals surface area contributed by atoms with Crippen molar-refractivity contribution >= 4 is 45.1 Å². The number of carbonyl (C=O) groups is 1. The number of nitrogens with zero attached hydrogens (tertiary/aromatic N) is 2. The van der Waals surface area contributed by atoms with Gasteiger partial charge in [-0.3, -0.25) is 9.48 Å². The lowest BCUT2D eigenvalue weighted by Gasteiger charge is -2.13. The van der Waals surface area contributed by atoms with Crippen LogP contribution in [0.25, 0.3) is 5.69 Å². The smallest absolute Gasteiger partial charge is 0.345 e. The lowest BCUT2D eigenvalue weighted by molar-refractivity contribution is 0.0524. The normalized spacial score (nSPS) is 10.8. The van der Waals surface area contributed by atoms with Gasteiger partial charge in [0, 0.05) is 26.3 Å². The van der Waals surface area contributed by atoms with Crippen molar-refractivity contribution in [2.75, 3.05) is 6.61 Å². The highest BCUT2D eigenvalue weighted by atomic mass is 79.9. The topological polar surface area (TPSA) is 53.2 Å². The summed E-state index contributed by atoms with van der Waals surface area (Å²) in [5, 5.41) is 0.951. The first-order valence-electron chi connectivity index (χ1n) is 8.10. The maximum absolute atomic E-state index is 12.9. The van der Waals surface area contributed by atoms with Crippen LogP contribution in [0.3, 0.4) is 0 Å². The maximum atomic E-state index is 12.9. The predicted molar refractivity (Wildman–Crippen MR) is 109 cm³/mol. The van der Waals surface area contributed by atoms with Crippen LogP contribution in [0.5, 0.6) is 0 Å². The van der Waals surface area contributed by atoms with E-state index in [0.717, 1.165) is 4.47 Å². The first-order valence-corrected chi connectivity index (χ1v) is 9.65. The molecule has 0 aliphatic rings. The molecule has 0 aliphatic carbocycles. The Labute approximate surface area is 174 Å². The fraction of sp³-hybridized carbons (Fsp3) is 0.158. The Morgan fingerprint density at radius 3 is 2.33 bits per heavy atom. The van der Waals surface area contributed by atoms with Crippen molar-refractivity contribution in [1.82, 2.24) is 9.36 Å². The van der Waals surface area contributed by atoms with Crippen LogP contribution in [0.1, 0.15) is 22.8 Å². The highest BCUT2D eigenvalue weighted by Crippen LogP contribution is 2.25. The molecule has 0 radical (unpaired) electrons. The molecule has 0 saturated heterocycles. The number of ether oxygens (including phenoxy) is 1. The predicted octanol–water partition coefficient (Wildman–Crippen LogP) is 4.93. The zero-order valence-corrected chi connectivity index (χ0v) is 17.4. The minimum absolute atomic E-state index is 0.0528. The van der Waals surface area contributed by atoms with Crippen molar-refractivity contribution in [3.05, 3.63) is 84.7 Å². The Bertz CT molecular complexity index is 1020. The van der Waals surface area contributed by atoms with Crippen LogP contribution in [0.2, 0.25) is 10.0 Å². The van der Waals surface area contributed by atoms with E-state index in [2.05, 4.69) is 15.9 Å². The van der Waals surface area contributed by atoms with Gasteiger partial charge in [0.15, 0.2) is 0 Å². The molecule has 3 aromatic rings. The molecule has 27 heavy (non-hydrogen) atoms. The average Bonchev–Trinajstić information content (AvgIpc) is 2.96. The number of carbonyl (C=O) groups excluding carboxylic acids is 1. The van der Waals surface area contributed by atoms with Gasteiger partial charge in [0.1, 0.15) is 5.56 Å². The van der Waals surface area contributed by atoms with Crippen LogP contribution >= 0.6 is 39.1 Å². The second-order valence-electron chi connectivity index (χ2n) is 5.65. The molecule has 2 aromatic carbocycles. The fourth-order valence-corrected chi connectivity index (χ4v) is 3.43. The van der Waals surface area contributed by atoms with E-state index in [-0.39, 0.29) is 18.7 Å². The lowest BCUT2D eigenvalue weighted by atomic mass is 10.2. The van der Waals surface area contributed by atoms with Gasteiger partial charge in [-0.1, -0.05) is 45.2 Å². The summed E-state index contributed by atoms with van der Waals surface area (Å²) in [4.78, 5) is 25.1. The Hall–Kier alpha value is -2.02. The molecule has 0 atom stereocenters. The molecule has 0 N–H and O–H groups in total. The summed E-state index contributed by atoms with van der Waals surface area (Å²) >= 11 is 15.9. The third-order valence-corrected chi connectivity index (χ3v) is 5.14. The van der Waals surface area contributed by atoms with Crippen molar-refractivity contribution in [3.8, 4) is 5.69 Å². The number of hydrogen-bond donors (Lipinski definition) is 0. The molecule has 8 heteroatoms. The van der Waals surface area contributed by atoms with Gasteiger partial charge < -0.3 is 4.74 Å². The summed E-state index contributed by atoms with van der Waals surface area (Å²) < 4.78 is 8.88. The molecule has 3 rings (SSSR count). The fourth-order valence-electron chi connectivity index (χ4n) is 2.65. The van der Waals surface area contributed by atoms with Gasteiger partial charge in [0.2, 0.25) is 0 Å².